The SMILES string of the molecule is Fc1c(CNC2CC2)ccnc1OC1CCOC1. The Morgan fingerprint density at radius 2 is 2.33 bits per heavy atom. The number of nitrogens with zero attached hydrogens (tertiary/aromatic N) is 1. The first-order valence-electron chi connectivity index (χ1n) is 6.44. The predicted molar refractivity (Wildman–Crippen MR) is 63.9 cm³/mol. The summed E-state index contributed by atoms with van der Waals surface area (Å²) in [4.78, 5) is 3.96. The minimum Gasteiger partial charge on any atom is -0.470 e. The molecule has 3 rings (SSSR count). The number of rotatable bonds is 5. The molecule has 1 aromatic rings. The molecule has 18 heavy (non-hydrogen) atoms. The zero-order valence-electron chi connectivity index (χ0n) is 10.2. The molecule has 4 nitrogen and oxygen atoms in total. The first kappa shape index (κ1) is 11.9. The van der Waals surface area contributed by atoms with Crippen LogP contribution < -0.4 is 10.1 Å². The summed E-state index contributed by atoms with van der Waals surface area (Å²) < 4.78 is 24.9. The molecule has 98 valence electrons. The Balaban J connectivity index is 1.66. The van der Waals surface area contributed by atoms with Crippen LogP contribution >= 0.6 is 0 Å². The van der Waals surface area contributed by atoms with Crippen LogP contribution in [-0.2, 0) is 11.3 Å². The number of hydrogen-bond acceptors (Lipinski definition) is 4. The Hall–Kier alpha value is -1.20. The van der Waals surface area contributed by atoms with E-state index in [1.54, 1.807) is 12.3 Å². The summed E-state index contributed by atoms with van der Waals surface area (Å²) in [7, 11) is 0. The number of halogens is 1. The van der Waals surface area contributed by atoms with E-state index in [-0.39, 0.29) is 17.8 Å². The van der Waals surface area contributed by atoms with Crippen LogP contribution in [0.25, 0.3) is 0 Å². The lowest BCUT2D eigenvalue weighted by Crippen LogP contribution is -2.19. The van der Waals surface area contributed by atoms with Crippen molar-refractivity contribution in [2.45, 2.75) is 38.0 Å². The predicted octanol–water partition coefficient (Wildman–Crippen LogP) is 1.64. The van der Waals surface area contributed by atoms with Crippen molar-refractivity contribution in [3.63, 3.8) is 0 Å². The molecule has 2 aliphatic rings. The maximum Gasteiger partial charge on any atom is 0.251 e. The van der Waals surface area contributed by atoms with Gasteiger partial charge in [-0.2, -0.15) is 0 Å². The second-order valence-electron chi connectivity index (χ2n) is 4.85. The Morgan fingerprint density at radius 1 is 1.44 bits per heavy atom. The van der Waals surface area contributed by atoms with Gasteiger partial charge in [-0.25, -0.2) is 9.37 Å². The highest BCUT2D eigenvalue weighted by atomic mass is 19.1. The Morgan fingerprint density at radius 3 is 3.06 bits per heavy atom. The molecule has 1 aliphatic carbocycles. The summed E-state index contributed by atoms with van der Waals surface area (Å²) in [6.45, 7) is 1.73. The maximum atomic E-state index is 14.1. The van der Waals surface area contributed by atoms with Crippen molar-refractivity contribution in [1.82, 2.24) is 10.3 Å². The van der Waals surface area contributed by atoms with Crippen molar-refractivity contribution in [2.75, 3.05) is 13.2 Å². The van der Waals surface area contributed by atoms with Crippen LogP contribution in [0.5, 0.6) is 5.88 Å². The molecule has 0 radical (unpaired) electrons. The summed E-state index contributed by atoms with van der Waals surface area (Å²) in [6.07, 6.45) is 4.70. The first-order valence-corrected chi connectivity index (χ1v) is 6.44. The summed E-state index contributed by atoms with van der Waals surface area (Å²) in [6, 6.07) is 2.26. The van der Waals surface area contributed by atoms with E-state index in [4.69, 9.17) is 9.47 Å². The van der Waals surface area contributed by atoms with Gasteiger partial charge in [-0.15, -0.1) is 0 Å². The van der Waals surface area contributed by atoms with Gasteiger partial charge in [-0.05, 0) is 18.9 Å². The minimum atomic E-state index is -0.349. The highest BCUT2D eigenvalue weighted by Gasteiger charge is 2.23. The first-order chi connectivity index (χ1) is 8.83. The monoisotopic (exact) mass is 252 g/mol. The van der Waals surface area contributed by atoms with E-state index in [0.717, 1.165) is 6.42 Å². The maximum absolute atomic E-state index is 14.1. The van der Waals surface area contributed by atoms with Gasteiger partial charge in [-0.1, -0.05) is 0 Å². The normalized spacial score (nSPS) is 23.3. The molecule has 1 unspecified atom stereocenters. The van der Waals surface area contributed by atoms with E-state index in [2.05, 4.69) is 10.3 Å². The van der Waals surface area contributed by atoms with Gasteiger partial charge in [0.05, 0.1) is 13.2 Å². The van der Waals surface area contributed by atoms with E-state index in [1.807, 2.05) is 0 Å². The highest BCUT2D eigenvalue weighted by Crippen LogP contribution is 2.23. The summed E-state index contributed by atoms with van der Waals surface area (Å²) in [5.74, 6) is -0.252. The molecule has 1 aliphatic heterocycles. The number of aromatic nitrogens is 1. The second kappa shape index (κ2) is 5.20. The van der Waals surface area contributed by atoms with Crippen LogP contribution in [0.4, 0.5) is 4.39 Å². The third kappa shape index (κ3) is 2.79. The van der Waals surface area contributed by atoms with Crippen LogP contribution in [0.15, 0.2) is 12.3 Å². The van der Waals surface area contributed by atoms with Gasteiger partial charge >= 0.3 is 0 Å². The summed E-state index contributed by atoms with van der Waals surface area (Å²) in [5.41, 5.74) is 0.616. The van der Waals surface area contributed by atoms with Gasteiger partial charge in [0.15, 0.2) is 5.82 Å². The molecule has 0 spiro atoms. The molecule has 1 saturated carbocycles. The molecule has 1 atom stereocenters. The topological polar surface area (TPSA) is 43.4 Å². The fourth-order valence-corrected chi connectivity index (χ4v) is 1.99. The van der Waals surface area contributed by atoms with Gasteiger partial charge in [0.25, 0.3) is 5.88 Å². The molecule has 1 aromatic heterocycles. The van der Waals surface area contributed by atoms with Crippen molar-refractivity contribution in [3.05, 3.63) is 23.6 Å². The smallest absolute Gasteiger partial charge is 0.251 e. The van der Waals surface area contributed by atoms with Crippen molar-refractivity contribution >= 4 is 0 Å². The van der Waals surface area contributed by atoms with Crippen molar-refractivity contribution < 1.29 is 13.9 Å². The van der Waals surface area contributed by atoms with Crippen LogP contribution in [0.3, 0.4) is 0 Å². The van der Waals surface area contributed by atoms with Gasteiger partial charge < -0.3 is 14.8 Å². The number of hydrogen-bond donors (Lipinski definition) is 1. The van der Waals surface area contributed by atoms with Gasteiger partial charge in [0.2, 0.25) is 0 Å². The van der Waals surface area contributed by atoms with E-state index in [9.17, 15) is 4.39 Å². The molecule has 5 heteroatoms. The standard InChI is InChI=1S/C13H17FN2O2/c14-12-9(7-16-10-1-2-10)3-5-15-13(12)18-11-4-6-17-8-11/h3,5,10-11,16H,1-2,4,6-8H2. The highest BCUT2D eigenvalue weighted by molar-refractivity contribution is 5.24. The number of nitrogens with one attached hydrogen (secondary N) is 1. The van der Waals surface area contributed by atoms with Crippen LogP contribution in [-0.4, -0.2) is 30.3 Å². The van der Waals surface area contributed by atoms with Crippen LogP contribution in [0.1, 0.15) is 24.8 Å². The van der Waals surface area contributed by atoms with Gasteiger partial charge in [0.1, 0.15) is 6.10 Å². The van der Waals surface area contributed by atoms with E-state index in [0.29, 0.717) is 31.4 Å². The zero-order chi connectivity index (χ0) is 12.4. The largest absolute Gasteiger partial charge is 0.470 e. The van der Waals surface area contributed by atoms with Crippen LogP contribution in [0, 0.1) is 5.82 Å². The average molecular weight is 252 g/mol. The molecule has 2 heterocycles. The summed E-state index contributed by atoms with van der Waals surface area (Å²) >= 11 is 0. The van der Waals surface area contributed by atoms with Crippen molar-refractivity contribution in [3.8, 4) is 5.88 Å². The quantitative estimate of drug-likeness (QED) is 0.865. The van der Waals surface area contributed by atoms with E-state index < -0.39 is 0 Å². The van der Waals surface area contributed by atoms with Gasteiger partial charge in [0, 0.05) is 30.8 Å². The van der Waals surface area contributed by atoms with E-state index in [1.165, 1.54) is 12.8 Å². The number of ether oxygens (including phenoxy) is 2. The molecule has 1 N–H and O–H groups in total. The molecule has 0 amide bonds. The lowest BCUT2D eigenvalue weighted by atomic mass is 10.2. The Kier molecular flexibility index (Phi) is 3.43. The lowest BCUT2D eigenvalue weighted by molar-refractivity contribution is 0.134. The van der Waals surface area contributed by atoms with Crippen molar-refractivity contribution in [2.24, 2.45) is 0 Å². The molecular formula is C13H17FN2O2. The van der Waals surface area contributed by atoms with Crippen LogP contribution in [0.2, 0.25) is 0 Å². The van der Waals surface area contributed by atoms with E-state index >= 15 is 0 Å². The fraction of sp³-hybridized carbons (Fsp3) is 0.615. The second-order valence-corrected chi connectivity index (χ2v) is 4.85. The zero-order valence-corrected chi connectivity index (χ0v) is 10.2. The average Bonchev–Trinajstić information content (AvgIpc) is 3.07. The molecule has 2 fully saturated rings. The molecule has 0 bridgehead atoms. The Labute approximate surface area is 106 Å². The minimum absolute atomic E-state index is 0.0707. The van der Waals surface area contributed by atoms with Crippen molar-refractivity contribution in [1.29, 1.82) is 0 Å². The molecule has 1 saturated heterocycles. The van der Waals surface area contributed by atoms with Gasteiger partial charge in [-0.3, -0.25) is 0 Å². The Bertz CT molecular complexity index is 417. The molecule has 0 aromatic carbocycles. The fourth-order valence-electron chi connectivity index (χ4n) is 1.99. The third-order valence-electron chi connectivity index (χ3n) is 3.26. The summed E-state index contributed by atoms with van der Waals surface area (Å²) in [5, 5.41) is 3.29. The number of pyridine rings is 1. The molecular weight excluding hydrogens is 235 g/mol. The third-order valence-corrected chi connectivity index (χ3v) is 3.26. The lowest BCUT2D eigenvalue weighted by Gasteiger charge is -2.13.